The molecular formula is C16H16OSi. The van der Waals surface area contributed by atoms with Gasteiger partial charge in [0.2, 0.25) is 8.32 Å². The van der Waals surface area contributed by atoms with Crippen LogP contribution >= 0.6 is 0 Å². The normalized spacial score (nSPS) is 10.6. The van der Waals surface area contributed by atoms with Crippen LogP contribution in [0.1, 0.15) is 11.1 Å². The summed E-state index contributed by atoms with van der Waals surface area (Å²) in [5.74, 6) is 6.30. The molecule has 0 aliphatic heterocycles. The molecule has 0 heterocycles. The highest BCUT2D eigenvalue weighted by Gasteiger charge is 2.22. The third-order valence-electron chi connectivity index (χ3n) is 2.70. The van der Waals surface area contributed by atoms with Crippen LogP contribution in [0.4, 0.5) is 0 Å². The molecule has 0 unspecified atom stereocenters. The predicted octanol–water partition coefficient (Wildman–Crippen LogP) is 2.49. The number of benzene rings is 2. The fraction of sp³-hybridized carbons (Fsp3) is 0.125. The van der Waals surface area contributed by atoms with E-state index < -0.39 is 8.32 Å². The zero-order valence-electron chi connectivity index (χ0n) is 10.6. The van der Waals surface area contributed by atoms with E-state index >= 15 is 0 Å². The summed E-state index contributed by atoms with van der Waals surface area (Å²) in [5, 5.41) is 0.994. The van der Waals surface area contributed by atoms with Crippen LogP contribution < -0.4 is 5.19 Å². The molecule has 1 N–H and O–H groups in total. The molecular weight excluding hydrogens is 236 g/mol. The first kappa shape index (κ1) is 12.6. The van der Waals surface area contributed by atoms with Crippen molar-refractivity contribution in [2.75, 3.05) is 0 Å². The van der Waals surface area contributed by atoms with E-state index in [1.54, 1.807) is 0 Å². The van der Waals surface area contributed by atoms with E-state index in [9.17, 15) is 4.80 Å². The minimum absolute atomic E-state index is 0.931. The second-order valence-corrected chi connectivity index (χ2v) is 8.38. The number of hydrogen-bond acceptors (Lipinski definition) is 1. The Balaban J connectivity index is 2.39. The summed E-state index contributed by atoms with van der Waals surface area (Å²) >= 11 is 0. The molecule has 2 aromatic rings. The lowest BCUT2D eigenvalue weighted by Crippen LogP contribution is -2.43. The average molecular weight is 252 g/mol. The van der Waals surface area contributed by atoms with Crippen molar-refractivity contribution in [3.63, 3.8) is 0 Å². The summed E-state index contributed by atoms with van der Waals surface area (Å²) in [6, 6.07) is 17.7. The molecule has 0 aliphatic rings. The van der Waals surface area contributed by atoms with Gasteiger partial charge in [0.15, 0.2) is 0 Å². The van der Waals surface area contributed by atoms with Crippen molar-refractivity contribution < 1.29 is 4.80 Å². The fourth-order valence-corrected chi connectivity index (χ4v) is 3.10. The zero-order valence-corrected chi connectivity index (χ0v) is 11.6. The molecule has 0 amide bonds. The average Bonchev–Trinajstić information content (AvgIpc) is 2.37. The maximum Gasteiger partial charge on any atom is 0.215 e. The molecule has 2 rings (SSSR count). The molecule has 0 fully saturated rings. The zero-order chi connectivity index (χ0) is 13.0. The van der Waals surface area contributed by atoms with Gasteiger partial charge in [0.05, 0.1) is 0 Å². The number of rotatable bonds is 1. The Morgan fingerprint density at radius 3 is 2.11 bits per heavy atom. The fourth-order valence-electron chi connectivity index (χ4n) is 1.79. The predicted molar refractivity (Wildman–Crippen MR) is 78.2 cm³/mol. The van der Waals surface area contributed by atoms with Crippen LogP contribution in [0.5, 0.6) is 0 Å². The van der Waals surface area contributed by atoms with Gasteiger partial charge in [0.25, 0.3) is 0 Å². The van der Waals surface area contributed by atoms with Gasteiger partial charge in [0.1, 0.15) is 0 Å². The van der Waals surface area contributed by atoms with Crippen molar-refractivity contribution >= 4 is 13.5 Å². The van der Waals surface area contributed by atoms with Crippen LogP contribution in [0.3, 0.4) is 0 Å². The largest absolute Gasteiger partial charge is 0.428 e. The van der Waals surface area contributed by atoms with Crippen molar-refractivity contribution in [3.05, 3.63) is 65.7 Å². The van der Waals surface area contributed by atoms with Crippen LogP contribution in [-0.2, 0) is 0 Å². The highest BCUT2D eigenvalue weighted by atomic mass is 28.4. The molecule has 18 heavy (non-hydrogen) atoms. The Morgan fingerprint density at radius 2 is 1.44 bits per heavy atom. The van der Waals surface area contributed by atoms with Gasteiger partial charge in [0, 0.05) is 11.1 Å². The van der Waals surface area contributed by atoms with E-state index in [-0.39, 0.29) is 0 Å². The topological polar surface area (TPSA) is 20.2 Å². The summed E-state index contributed by atoms with van der Waals surface area (Å²) < 4.78 is 0. The minimum atomic E-state index is -2.32. The Labute approximate surface area is 109 Å². The summed E-state index contributed by atoms with van der Waals surface area (Å²) in [6.07, 6.45) is 0. The third kappa shape index (κ3) is 3.10. The second kappa shape index (κ2) is 5.22. The lowest BCUT2D eigenvalue weighted by atomic mass is 10.2. The van der Waals surface area contributed by atoms with E-state index in [4.69, 9.17) is 0 Å². The van der Waals surface area contributed by atoms with Crippen LogP contribution in [0.2, 0.25) is 13.1 Å². The van der Waals surface area contributed by atoms with Crippen molar-refractivity contribution in [1.29, 1.82) is 0 Å². The van der Waals surface area contributed by atoms with Gasteiger partial charge in [-0.1, -0.05) is 48.2 Å². The molecule has 1 nitrogen and oxygen atoms in total. The van der Waals surface area contributed by atoms with E-state index in [2.05, 4.69) is 11.8 Å². The van der Waals surface area contributed by atoms with Gasteiger partial charge in [-0.15, -0.1) is 0 Å². The van der Waals surface area contributed by atoms with Gasteiger partial charge in [-0.2, -0.15) is 0 Å². The van der Waals surface area contributed by atoms with E-state index in [0.717, 1.165) is 16.3 Å². The van der Waals surface area contributed by atoms with Crippen LogP contribution in [-0.4, -0.2) is 13.1 Å². The first-order valence-electron chi connectivity index (χ1n) is 5.96. The third-order valence-corrected chi connectivity index (χ3v) is 4.46. The smallest absolute Gasteiger partial charge is 0.215 e. The quantitative estimate of drug-likeness (QED) is 0.611. The lowest BCUT2D eigenvalue weighted by molar-refractivity contribution is 0.568. The minimum Gasteiger partial charge on any atom is -0.428 e. The summed E-state index contributed by atoms with van der Waals surface area (Å²) in [7, 11) is -2.32. The Morgan fingerprint density at radius 1 is 0.833 bits per heavy atom. The molecule has 0 aliphatic carbocycles. The Bertz CT molecular complexity index is 586. The highest BCUT2D eigenvalue weighted by Crippen LogP contribution is 2.04. The van der Waals surface area contributed by atoms with Crippen molar-refractivity contribution in [2.45, 2.75) is 13.1 Å². The Kier molecular flexibility index (Phi) is 3.66. The summed E-state index contributed by atoms with van der Waals surface area (Å²) in [4.78, 5) is 10.2. The first-order valence-corrected chi connectivity index (χ1v) is 8.91. The van der Waals surface area contributed by atoms with Gasteiger partial charge >= 0.3 is 0 Å². The van der Waals surface area contributed by atoms with Crippen molar-refractivity contribution in [1.82, 2.24) is 0 Å². The molecule has 0 spiro atoms. The molecule has 0 saturated carbocycles. The van der Waals surface area contributed by atoms with Gasteiger partial charge in [-0.05, 0) is 36.5 Å². The standard InChI is InChI=1S/C16H16OSi/c1-18(2,17)16-11-7-6-10-15(16)13-12-14-8-4-3-5-9-14/h3-11,17H,1-2H3. The van der Waals surface area contributed by atoms with Gasteiger partial charge < -0.3 is 4.80 Å². The van der Waals surface area contributed by atoms with Crippen LogP contribution in [0, 0.1) is 11.8 Å². The molecule has 0 radical (unpaired) electrons. The molecule has 2 heteroatoms. The summed E-state index contributed by atoms with van der Waals surface area (Å²) in [6.45, 7) is 3.83. The maximum absolute atomic E-state index is 10.2. The number of hydrogen-bond donors (Lipinski definition) is 1. The maximum atomic E-state index is 10.2. The molecule has 0 bridgehead atoms. The van der Waals surface area contributed by atoms with Crippen molar-refractivity contribution in [2.24, 2.45) is 0 Å². The summed E-state index contributed by atoms with van der Waals surface area (Å²) in [5.41, 5.74) is 1.92. The molecule has 0 atom stereocenters. The highest BCUT2D eigenvalue weighted by molar-refractivity contribution is 6.83. The molecule has 0 saturated heterocycles. The van der Waals surface area contributed by atoms with Gasteiger partial charge in [-0.3, -0.25) is 0 Å². The lowest BCUT2D eigenvalue weighted by Gasteiger charge is -2.16. The van der Waals surface area contributed by atoms with Crippen molar-refractivity contribution in [3.8, 4) is 11.8 Å². The van der Waals surface area contributed by atoms with Gasteiger partial charge in [-0.25, -0.2) is 0 Å². The molecule has 0 aromatic heterocycles. The van der Waals surface area contributed by atoms with E-state index in [0.29, 0.717) is 0 Å². The van der Waals surface area contributed by atoms with Crippen LogP contribution in [0.25, 0.3) is 0 Å². The SMILES string of the molecule is C[Si](C)(O)c1ccccc1C#Cc1ccccc1. The Hall–Kier alpha value is -1.82. The molecule has 90 valence electrons. The van der Waals surface area contributed by atoms with E-state index in [1.807, 2.05) is 67.7 Å². The van der Waals surface area contributed by atoms with Crippen LogP contribution in [0.15, 0.2) is 54.6 Å². The van der Waals surface area contributed by atoms with E-state index in [1.165, 1.54) is 0 Å². The second-order valence-electron chi connectivity index (χ2n) is 4.72. The monoisotopic (exact) mass is 252 g/mol. The first-order chi connectivity index (χ1) is 8.57. The molecule has 2 aromatic carbocycles.